The van der Waals surface area contributed by atoms with Gasteiger partial charge in [0.2, 0.25) is 0 Å². The summed E-state index contributed by atoms with van der Waals surface area (Å²) in [5, 5.41) is 18.1. The van der Waals surface area contributed by atoms with Crippen LogP contribution in [0.5, 0.6) is 0 Å². The van der Waals surface area contributed by atoms with Crippen molar-refractivity contribution >= 4 is 24.3 Å². The molecule has 0 saturated carbocycles. The molecular weight excluding hydrogens is 256 g/mol. The van der Waals surface area contributed by atoms with Crippen LogP contribution in [0.25, 0.3) is 0 Å². The minimum atomic E-state index is 0.0213. The van der Waals surface area contributed by atoms with Gasteiger partial charge in [0.25, 0.3) is 0 Å². The monoisotopic (exact) mass is 270 g/mol. The second kappa shape index (κ2) is 6.81. The van der Waals surface area contributed by atoms with Gasteiger partial charge in [-0.3, -0.25) is 0 Å². The Morgan fingerprint density at radius 3 is 1.45 bits per heavy atom. The molecule has 8 nitrogen and oxygen atoms in total. The zero-order valence-corrected chi connectivity index (χ0v) is 11.7. The van der Waals surface area contributed by atoms with E-state index in [1.54, 1.807) is 38.0 Å². The average molecular weight is 270 g/mol. The third-order valence-electron chi connectivity index (χ3n) is 1.89. The van der Waals surface area contributed by atoms with E-state index in [1.165, 1.54) is 12.7 Å². The van der Waals surface area contributed by atoms with Gasteiger partial charge in [-0.1, -0.05) is 0 Å². The van der Waals surface area contributed by atoms with E-state index < -0.39 is 0 Å². The summed E-state index contributed by atoms with van der Waals surface area (Å²) in [5.74, 6) is 0.197. The highest BCUT2D eigenvalue weighted by Crippen LogP contribution is 2.20. The highest BCUT2D eigenvalue weighted by molar-refractivity contribution is 5.65. The number of hydrogen-bond donors (Lipinski definition) is 0. The molecule has 0 aliphatic rings. The summed E-state index contributed by atoms with van der Waals surface area (Å²) < 4.78 is 0. The zero-order valence-electron chi connectivity index (χ0n) is 11.7. The molecule has 8 heteroatoms. The second-order valence-electron chi connectivity index (χ2n) is 4.21. The maximum atomic E-state index is 9.06. The predicted molar refractivity (Wildman–Crippen MR) is 75.1 cm³/mol. The van der Waals surface area contributed by atoms with Crippen LogP contribution in [0.15, 0.2) is 9.98 Å². The summed E-state index contributed by atoms with van der Waals surface area (Å²) in [6.45, 7) is 0. The molecule has 0 spiro atoms. The predicted octanol–water partition coefficient (Wildman–Crippen LogP) is 0.663. The van der Waals surface area contributed by atoms with Crippen LogP contribution >= 0.6 is 0 Å². The van der Waals surface area contributed by atoms with Crippen molar-refractivity contribution in [2.75, 3.05) is 28.2 Å². The quantitative estimate of drug-likeness (QED) is 0.588. The topological polar surface area (TPSA) is 105 Å². The molecule has 0 fully saturated rings. The first-order valence-corrected chi connectivity index (χ1v) is 5.61. The van der Waals surface area contributed by atoms with Gasteiger partial charge in [0, 0.05) is 28.2 Å². The molecule has 0 saturated heterocycles. The van der Waals surface area contributed by atoms with Crippen molar-refractivity contribution < 1.29 is 0 Å². The fraction of sp³-hybridized carbons (Fsp3) is 0.333. The van der Waals surface area contributed by atoms with Crippen molar-refractivity contribution in [1.82, 2.24) is 19.8 Å². The van der Waals surface area contributed by atoms with Crippen molar-refractivity contribution in [2.24, 2.45) is 9.98 Å². The smallest absolute Gasteiger partial charge is 0.192 e. The Kier molecular flexibility index (Phi) is 5.12. The fourth-order valence-electron chi connectivity index (χ4n) is 1.09. The van der Waals surface area contributed by atoms with Gasteiger partial charge in [-0.05, 0) is 0 Å². The summed E-state index contributed by atoms with van der Waals surface area (Å²) in [6.07, 6.45) is 2.96. The lowest BCUT2D eigenvalue weighted by Gasteiger charge is -2.05. The second-order valence-corrected chi connectivity index (χ2v) is 4.21. The van der Waals surface area contributed by atoms with Crippen molar-refractivity contribution in [3.63, 3.8) is 0 Å². The van der Waals surface area contributed by atoms with E-state index in [0.29, 0.717) is 0 Å². The maximum absolute atomic E-state index is 9.06. The summed E-state index contributed by atoms with van der Waals surface area (Å²) in [7, 11) is 7.13. The molecular formula is C12H14N8. The van der Waals surface area contributed by atoms with Gasteiger partial charge < -0.3 is 9.80 Å². The van der Waals surface area contributed by atoms with Crippen molar-refractivity contribution in [3.05, 3.63) is 11.4 Å². The van der Waals surface area contributed by atoms with Crippen LogP contribution in [0.4, 0.5) is 11.6 Å². The van der Waals surface area contributed by atoms with Crippen molar-refractivity contribution in [2.45, 2.75) is 0 Å². The van der Waals surface area contributed by atoms with Gasteiger partial charge in [0.1, 0.15) is 12.1 Å². The molecule has 0 aliphatic carbocycles. The molecule has 0 bridgehead atoms. The van der Waals surface area contributed by atoms with E-state index >= 15 is 0 Å². The van der Waals surface area contributed by atoms with Crippen LogP contribution in [0.3, 0.4) is 0 Å². The highest BCUT2D eigenvalue weighted by atomic mass is 15.1. The molecule has 0 radical (unpaired) electrons. The maximum Gasteiger partial charge on any atom is 0.192 e. The Morgan fingerprint density at radius 1 is 0.850 bits per heavy atom. The molecule has 0 amide bonds. The SMILES string of the molecule is CN(C)C=Nc1nc(C#N)c(/N=C/N(C)C)nc1C#N. The summed E-state index contributed by atoms with van der Waals surface area (Å²) in [4.78, 5) is 19.4. The molecule has 1 rings (SSSR count). The Hall–Kier alpha value is -3.00. The minimum Gasteiger partial charge on any atom is -0.369 e. The Balaban J connectivity index is 3.32. The van der Waals surface area contributed by atoms with Crippen molar-refractivity contribution in [1.29, 1.82) is 10.5 Å². The third-order valence-corrected chi connectivity index (χ3v) is 1.89. The summed E-state index contributed by atoms with van der Waals surface area (Å²) in [6, 6.07) is 3.79. The Bertz CT molecular complexity index is 560. The largest absolute Gasteiger partial charge is 0.369 e. The van der Waals surface area contributed by atoms with Gasteiger partial charge in [0.05, 0.1) is 12.7 Å². The van der Waals surface area contributed by atoms with Crippen LogP contribution in [0.2, 0.25) is 0 Å². The van der Waals surface area contributed by atoms with E-state index in [-0.39, 0.29) is 23.0 Å². The standard InChI is InChI=1S/C12H14N8/c1-19(2)7-15-11-9(5-13)18-12(10(6-14)17-11)16-8-20(3)4/h7-8H,1-4H3/b15-7+,16-8?. The molecule has 0 atom stereocenters. The number of nitriles is 2. The van der Waals surface area contributed by atoms with Crippen LogP contribution in [-0.2, 0) is 0 Å². The van der Waals surface area contributed by atoms with Gasteiger partial charge in [-0.2, -0.15) is 10.5 Å². The minimum absolute atomic E-state index is 0.0213. The zero-order chi connectivity index (χ0) is 15.1. The van der Waals surface area contributed by atoms with E-state index in [0.717, 1.165) is 0 Å². The van der Waals surface area contributed by atoms with Gasteiger partial charge in [-0.25, -0.2) is 20.0 Å². The number of hydrogen-bond acceptors (Lipinski definition) is 6. The van der Waals surface area contributed by atoms with E-state index in [4.69, 9.17) is 10.5 Å². The molecule has 0 unspecified atom stereocenters. The normalized spacial score (nSPS) is 10.5. The first kappa shape index (κ1) is 15.1. The molecule has 1 aromatic rings. The fourth-order valence-corrected chi connectivity index (χ4v) is 1.09. The number of nitrogens with zero attached hydrogens (tertiary/aromatic N) is 8. The molecule has 0 aromatic carbocycles. The van der Waals surface area contributed by atoms with Gasteiger partial charge in [0.15, 0.2) is 23.0 Å². The van der Waals surface area contributed by atoms with E-state index in [9.17, 15) is 0 Å². The molecule has 0 N–H and O–H groups in total. The van der Waals surface area contributed by atoms with E-state index in [1.807, 2.05) is 12.1 Å². The molecule has 102 valence electrons. The average Bonchev–Trinajstić information content (AvgIpc) is 2.42. The molecule has 1 aromatic heterocycles. The van der Waals surface area contributed by atoms with Crippen LogP contribution in [0, 0.1) is 22.7 Å². The van der Waals surface area contributed by atoms with Crippen LogP contribution < -0.4 is 0 Å². The van der Waals surface area contributed by atoms with Gasteiger partial charge in [-0.15, -0.1) is 0 Å². The van der Waals surface area contributed by atoms with Crippen LogP contribution in [-0.4, -0.2) is 60.6 Å². The molecule has 0 aliphatic heterocycles. The first-order valence-electron chi connectivity index (χ1n) is 5.61. The van der Waals surface area contributed by atoms with Gasteiger partial charge >= 0.3 is 0 Å². The lowest BCUT2D eigenvalue weighted by atomic mass is 10.3. The molecule has 20 heavy (non-hydrogen) atoms. The lowest BCUT2D eigenvalue weighted by molar-refractivity contribution is 0.642. The highest BCUT2D eigenvalue weighted by Gasteiger charge is 2.12. The summed E-state index contributed by atoms with van der Waals surface area (Å²) >= 11 is 0. The number of rotatable bonds is 4. The van der Waals surface area contributed by atoms with Crippen LogP contribution in [0.1, 0.15) is 11.4 Å². The first-order chi connectivity index (χ1) is 9.47. The molecule has 1 heterocycles. The number of aliphatic imine (C=N–C) groups is 2. The van der Waals surface area contributed by atoms with Crippen molar-refractivity contribution in [3.8, 4) is 12.1 Å². The lowest BCUT2D eigenvalue weighted by Crippen LogP contribution is -2.08. The summed E-state index contributed by atoms with van der Waals surface area (Å²) in [5.41, 5.74) is 0.0426. The van der Waals surface area contributed by atoms with E-state index in [2.05, 4.69) is 20.0 Å². The third kappa shape index (κ3) is 4.03. The Labute approximate surface area is 117 Å². The Morgan fingerprint density at radius 2 is 1.20 bits per heavy atom. The number of aromatic nitrogens is 2.